The normalized spacial score (nSPS) is 13.1. The van der Waals surface area contributed by atoms with Crippen molar-refractivity contribution in [2.24, 2.45) is 5.73 Å². The molecule has 13 heteroatoms. The molecule has 0 atom stereocenters. The van der Waals surface area contributed by atoms with Crippen molar-refractivity contribution in [1.29, 1.82) is 10.8 Å². The lowest BCUT2D eigenvalue weighted by Gasteiger charge is -2.33. The lowest BCUT2D eigenvalue weighted by molar-refractivity contribution is -0.116. The highest BCUT2D eigenvalue weighted by Crippen LogP contribution is 2.27. The highest BCUT2D eigenvalue weighted by Gasteiger charge is 2.25. The number of nitrogens with two attached hydrogens (primary N) is 1. The van der Waals surface area contributed by atoms with Crippen LogP contribution in [0.3, 0.4) is 0 Å². The van der Waals surface area contributed by atoms with E-state index in [0.29, 0.717) is 45.4 Å². The van der Waals surface area contributed by atoms with Crippen molar-refractivity contribution in [2.75, 3.05) is 23.3 Å². The number of benzene rings is 4. The lowest BCUT2D eigenvalue weighted by Crippen LogP contribution is -2.40. The molecule has 4 aromatic carbocycles. The number of piperidine rings is 1. The third-order valence-electron chi connectivity index (χ3n) is 9.07. The first-order valence-electron chi connectivity index (χ1n) is 16.9. The maximum Gasteiger partial charge on any atom is 0.335 e. The van der Waals surface area contributed by atoms with Gasteiger partial charge in [-0.2, -0.15) is 0 Å². The summed E-state index contributed by atoms with van der Waals surface area (Å²) in [6, 6.07) is 25.4. The van der Waals surface area contributed by atoms with Crippen LogP contribution in [0.5, 0.6) is 5.75 Å². The van der Waals surface area contributed by atoms with E-state index in [4.69, 9.17) is 26.3 Å². The van der Waals surface area contributed by atoms with Crippen molar-refractivity contribution in [3.63, 3.8) is 0 Å². The number of nitrogens with one attached hydrogen (secondary N) is 3. The Labute approximate surface area is 300 Å². The van der Waals surface area contributed by atoms with Gasteiger partial charge in [-0.05, 0) is 92.7 Å². The molecule has 1 saturated heterocycles. The fraction of sp³-hybridized carbons (Fsp3) is 0.231. The SMILES string of the molecule is CC(=N)N1CCC(Oc2ccc(N(Cc3nc4cc(C(=N)N)ccc4n3CC(=O)Nc3ccc(C)cc3)C(=O)c3ccc(C(=O)O)cc3)cc2)CC1. The number of likely N-dealkylation sites (tertiary alicyclic amines) is 1. The number of carbonyl (C=O) groups excluding carboxylic acids is 2. The standard InChI is InChI=1S/C39H40N8O5/c1-24-3-10-29(11-4-24)43-36(48)23-47-34-16-9-28(37(41)42)21-33(34)44-35(47)22-46(38(49)26-5-7-27(8-6-26)39(50)51)30-12-14-31(15-13-30)52-32-17-19-45(20-18-32)25(2)40/h3-16,21,32,40H,17-20,22-23H2,1-2H3,(H3,41,42)(H,43,48)(H,50,51). The maximum absolute atomic E-state index is 14.2. The predicted molar refractivity (Wildman–Crippen MR) is 200 cm³/mol. The summed E-state index contributed by atoms with van der Waals surface area (Å²) in [6.45, 7) is 5.08. The van der Waals surface area contributed by atoms with Crippen LogP contribution >= 0.6 is 0 Å². The minimum Gasteiger partial charge on any atom is -0.490 e. The summed E-state index contributed by atoms with van der Waals surface area (Å²) in [5.74, 6) is -0.355. The Hall–Kier alpha value is -6.50. The number of amides is 2. The van der Waals surface area contributed by atoms with E-state index >= 15 is 0 Å². The Morgan fingerprint density at radius 1 is 0.923 bits per heavy atom. The van der Waals surface area contributed by atoms with Crippen LogP contribution in [-0.2, 0) is 17.9 Å². The van der Waals surface area contributed by atoms with Crippen LogP contribution in [0.4, 0.5) is 11.4 Å². The van der Waals surface area contributed by atoms with Crippen LogP contribution in [0.25, 0.3) is 11.0 Å². The zero-order valence-electron chi connectivity index (χ0n) is 28.9. The van der Waals surface area contributed by atoms with Crippen molar-refractivity contribution in [2.45, 2.75) is 45.9 Å². The van der Waals surface area contributed by atoms with Gasteiger partial charge >= 0.3 is 5.97 Å². The molecule has 0 aliphatic carbocycles. The number of carboxylic acids is 1. The summed E-state index contributed by atoms with van der Waals surface area (Å²) in [5, 5.41) is 28.2. The number of rotatable bonds is 11. The van der Waals surface area contributed by atoms with E-state index in [1.165, 1.54) is 29.2 Å². The molecule has 5 aromatic rings. The van der Waals surface area contributed by atoms with Crippen LogP contribution in [0, 0.1) is 17.7 Å². The van der Waals surface area contributed by atoms with Crippen LogP contribution in [0.15, 0.2) is 91.0 Å². The van der Waals surface area contributed by atoms with Gasteiger partial charge in [0.2, 0.25) is 5.91 Å². The molecule has 52 heavy (non-hydrogen) atoms. The zero-order chi connectivity index (χ0) is 36.9. The number of carbonyl (C=O) groups is 3. The zero-order valence-corrected chi connectivity index (χ0v) is 28.9. The van der Waals surface area contributed by atoms with Gasteiger partial charge in [-0.15, -0.1) is 0 Å². The van der Waals surface area contributed by atoms with Crippen molar-refractivity contribution >= 4 is 51.9 Å². The molecule has 0 unspecified atom stereocenters. The second-order valence-corrected chi connectivity index (χ2v) is 12.8. The maximum atomic E-state index is 14.2. The molecule has 2 amide bonds. The van der Waals surface area contributed by atoms with Gasteiger partial charge in [0.05, 0.1) is 29.0 Å². The van der Waals surface area contributed by atoms with Crippen LogP contribution < -0.4 is 20.7 Å². The molecule has 0 radical (unpaired) electrons. The highest BCUT2D eigenvalue weighted by molar-refractivity contribution is 6.06. The van der Waals surface area contributed by atoms with Crippen molar-refractivity contribution in [3.8, 4) is 5.75 Å². The van der Waals surface area contributed by atoms with E-state index in [9.17, 15) is 19.5 Å². The molecule has 1 aliphatic heterocycles. The summed E-state index contributed by atoms with van der Waals surface area (Å²) in [6.07, 6.45) is 1.57. The Kier molecular flexibility index (Phi) is 10.3. The van der Waals surface area contributed by atoms with Gasteiger partial charge in [0.25, 0.3) is 5.91 Å². The Balaban J connectivity index is 1.33. The highest BCUT2D eigenvalue weighted by atomic mass is 16.5. The first-order chi connectivity index (χ1) is 24.9. The monoisotopic (exact) mass is 700 g/mol. The molecular weight excluding hydrogens is 660 g/mol. The molecule has 1 aromatic heterocycles. The molecule has 6 rings (SSSR count). The number of hydrogen-bond donors (Lipinski definition) is 5. The molecular formula is C39H40N8O5. The number of ether oxygens (including phenoxy) is 1. The van der Waals surface area contributed by atoms with Gasteiger partial charge in [0.15, 0.2) is 0 Å². The molecule has 0 spiro atoms. The number of nitrogens with zero attached hydrogens (tertiary/aromatic N) is 4. The number of fused-ring (bicyclic) bond motifs is 1. The summed E-state index contributed by atoms with van der Waals surface area (Å²) >= 11 is 0. The Bertz CT molecular complexity index is 2130. The molecule has 0 saturated carbocycles. The molecule has 1 fully saturated rings. The Morgan fingerprint density at radius 3 is 2.17 bits per heavy atom. The van der Waals surface area contributed by atoms with E-state index in [-0.39, 0.29) is 42.1 Å². The van der Waals surface area contributed by atoms with Crippen molar-refractivity contribution in [1.82, 2.24) is 14.5 Å². The fourth-order valence-corrected chi connectivity index (χ4v) is 6.16. The molecule has 1 aliphatic rings. The van der Waals surface area contributed by atoms with Gasteiger partial charge in [-0.3, -0.25) is 20.4 Å². The average molecular weight is 701 g/mol. The second-order valence-electron chi connectivity index (χ2n) is 12.8. The number of nitrogen functional groups attached to an aromatic ring is 1. The molecule has 6 N–H and O–H groups in total. The van der Waals surface area contributed by atoms with Gasteiger partial charge < -0.3 is 35.3 Å². The topological polar surface area (TPSA) is 191 Å². The first kappa shape index (κ1) is 35.3. The quantitative estimate of drug-likeness (QED) is 0.0862. The van der Waals surface area contributed by atoms with Gasteiger partial charge in [-0.25, -0.2) is 9.78 Å². The second kappa shape index (κ2) is 15.2. The van der Waals surface area contributed by atoms with E-state index in [2.05, 4.69) is 5.32 Å². The summed E-state index contributed by atoms with van der Waals surface area (Å²) < 4.78 is 7.99. The average Bonchev–Trinajstić information content (AvgIpc) is 3.47. The molecule has 0 bridgehead atoms. The lowest BCUT2D eigenvalue weighted by atomic mass is 10.1. The van der Waals surface area contributed by atoms with Gasteiger partial charge in [0.1, 0.15) is 30.1 Å². The summed E-state index contributed by atoms with van der Waals surface area (Å²) in [5.41, 5.74) is 9.90. The predicted octanol–water partition coefficient (Wildman–Crippen LogP) is 5.65. The number of aromatic nitrogens is 2. The Morgan fingerprint density at radius 2 is 1.56 bits per heavy atom. The number of anilines is 2. The summed E-state index contributed by atoms with van der Waals surface area (Å²) in [7, 11) is 0. The molecule has 13 nitrogen and oxygen atoms in total. The van der Waals surface area contributed by atoms with Crippen LogP contribution in [0.2, 0.25) is 0 Å². The fourth-order valence-electron chi connectivity index (χ4n) is 6.16. The van der Waals surface area contributed by atoms with E-state index in [0.717, 1.165) is 31.5 Å². The first-order valence-corrected chi connectivity index (χ1v) is 16.9. The molecule has 2 heterocycles. The van der Waals surface area contributed by atoms with E-state index in [1.54, 1.807) is 54.0 Å². The van der Waals surface area contributed by atoms with Gasteiger partial charge in [0, 0.05) is 48.4 Å². The van der Waals surface area contributed by atoms with Gasteiger partial charge in [-0.1, -0.05) is 17.7 Å². The van der Waals surface area contributed by atoms with Crippen molar-refractivity contribution in [3.05, 3.63) is 119 Å². The van der Waals surface area contributed by atoms with E-state index < -0.39 is 11.9 Å². The van der Waals surface area contributed by atoms with E-state index in [1.807, 2.05) is 36.1 Å². The third kappa shape index (κ3) is 8.10. The summed E-state index contributed by atoms with van der Waals surface area (Å²) in [4.78, 5) is 47.6. The minimum absolute atomic E-state index is 0.00205. The number of imidazole rings is 1. The number of amidine groups is 2. The number of aryl methyl sites for hydroxylation is 1. The molecule has 266 valence electrons. The minimum atomic E-state index is -1.10. The van der Waals surface area contributed by atoms with Crippen LogP contribution in [0.1, 0.15) is 57.4 Å². The van der Waals surface area contributed by atoms with Crippen LogP contribution in [-0.4, -0.2) is 68.2 Å². The largest absolute Gasteiger partial charge is 0.490 e. The number of aromatic carboxylic acids is 1. The van der Waals surface area contributed by atoms with Crippen molar-refractivity contribution < 1.29 is 24.2 Å². The number of hydrogen-bond acceptors (Lipinski definition) is 7. The third-order valence-corrected chi connectivity index (χ3v) is 9.07. The number of carboxylic acid groups (broad SMARTS) is 1. The smallest absolute Gasteiger partial charge is 0.335 e.